The number of thiazole rings is 1. The molecular formula is C7H11ClN2OS. The van der Waals surface area contributed by atoms with Crippen molar-refractivity contribution in [2.75, 3.05) is 24.9 Å². The molecule has 5 heteroatoms. The summed E-state index contributed by atoms with van der Waals surface area (Å²) < 4.78 is 0. The first-order valence-electron chi connectivity index (χ1n) is 3.52. The first kappa shape index (κ1) is 9.77. The Bertz CT molecular complexity index is 251. The van der Waals surface area contributed by atoms with Crippen molar-refractivity contribution in [3.63, 3.8) is 0 Å². The lowest BCUT2D eigenvalue weighted by Crippen LogP contribution is -2.07. The number of hydrogen-bond donors (Lipinski definition) is 1. The molecule has 1 atom stereocenters. The Morgan fingerprint density at radius 1 is 1.75 bits per heavy atom. The van der Waals surface area contributed by atoms with Crippen LogP contribution in [-0.2, 0) is 0 Å². The molecule has 1 aromatic heterocycles. The topological polar surface area (TPSA) is 36.4 Å². The van der Waals surface area contributed by atoms with E-state index < -0.39 is 6.10 Å². The fraction of sp³-hybridized carbons (Fsp3) is 0.571. The third-order valence-corrected chi connectivity index (χ3v) is 2.93. The summed E-state index contributed by atoms with van der Waals surface area (Å²) in [5.41, 5.74) is 0. The van der Waals surface area contributed by atoms with Crippen molar-refractivity contribution in [3.05, 3.63) is 11.1 Å². The number of alkyl halides is 1. The lowest BCUT2D eigenvalue weighted by atomic mass is 10.4. The van der Waals surface area contributed by atoms with Crippen LogP contribution in [0.2, 0.25) is 0 Å². The fourth-order valence-electron chi connectivity index (χ4n) is 0.714. The van der Waals surface area contributed by atoms with E-state index in [1.165, 1.54) is 11.3 Å². The quantitative estimate of drug-likeness (QED) is 0.762. The van der Waals surface area contributed by atoms with Gasteiger partial charge in [-0.25, -0.2) is 4.98 Å². The van der Waals surface area contributed by atoms with Crippen LogP contribution >= 0.6 is 22.9 Å². The second-order valence-corrected chi connectivity index (χ2v) is 3.96. The Labute approximate surface area is 80.6 Å². The fourth-order valence-corrected chi connectivity index (χ4v) is 1.80. The van der Waals surface area contributed by atoms with E-state index in [4.69, 9.17) is 11.6 Å². The highest BCUT2D eigenvalue weighted by atomic mass is 35.5. The highest BCUT2D eigenvalue weighted by Crippen LogP contribution is 2.26. The number of aliphatic hydroxyl groups excluding tert-OH is 1. The van der Waals surface area contributed by atoms with Crippen LogP contribution in [-0.4, -0.2) is 30.1 Å². The summed E-state index contributed by atoms with van der Waals surface area (Å²) >= 11 is 6.94. The van der Waals surface area contributed by atoms with E-state index in [9.17, 15) is 5.11 Å². The first-order chi connectivity index (χ1) is 5.65. The van der Waals surface area contributed by atoms with Crippen LogP contribution in [0.1, 0.15) is 11.0 Å². The molecule has 0 amide bonds. The Kier molecular flexibility index (Phi) is 3.31. The Balaban J connectivity index is 2.77. The van der Waals surface area contributed by atoms with Gasteiger partial charge in [-0.2, -0.15) is 0 Å². The van der Waals surface area contributed by atoms with Crippen molar-refractivity contribution in [1.29, 1.82) is 0 Å². The van der Waals surface area contributed by atoms with E-state index in [2.05, 4.69) is 4.98 Å². The molecule has 0 saturated carbocycles. The lowest BCUT2D eigenvalue weighted by molar-refractivity contribution is 0.206. The van der Waals surface area contributed by atoms with Gasteiger partial charge in [-0.05, 0) is 0 Å². The predicted molar refractivity (Wildman–Crippen MR) is 52.1 cm³/mol. The predicted octanol–water partition coefficient (Wildman–Crippen LogP) is 1.48. The second kappa shape index (κ2) is 4.07. The maximum absolute atomic E-state index is 9.34. The molecule has 0 aliphatic rings. The van der Waals surface area contributed by atoms with Crippen LogP contribution in [0, 0.1) is 0 Å². The highest BCUT2D eigenvalue weighted by molar-refractivity contribution is 7.15. The molecule has 12 heavy (non-hydrogen) atoms. The second-order valence-electron chi connectivity index (χ2n) is 2.61. The number of nitrogens with zero attached hydrogens (tertiary/aromatic N) is 2. The number of hydrogen-bond acceptors (Lipinski definition) is 4. The average Bonchev–Trinajstić information content (AvgIpc) is 2.51. The molecule has 0 aliphatic carbocycles. The summed E-state index contributed by atoms with van der Waals surface area (Å²) in [5, 5.41) is 10.2. The molecule has 3 nitrogen and oxygen atoms in total. The molecule has 1 unspecified atom stereocenters. The largest absolute Gasteiger partial charge is 0.386 e. The zero-order chi connectivity index (χ0) is 9.14. The molecule has 0 bridgehead atoms. The van der Waals surface area contributed by atoms with Crippen LogP contribution in [0.25, 0.3) is 0 Å². The Morgan fingerprint density at radius 3 is 2.83 bits per heavy atom. The minimum atomic E-state index is -0.585. The maximum Gasteiger partial charge on any atom is 0.185 e. The summed E-state index contributed by atoms with van der Waals surface area (Å²) in [6, 6.07) is 0. The van der Waals surface area contributed by atoms with Gasteiger partial charge in [0, 0.05) is 20.3 Å². The molecule has 1 N–H and O–H groups in total. The highest BCUT2D eigenvalue weighted by Gasteiger charge is 2.10. The van der Waals surface area contributed by atoms with Crippen LogP contribution in [0.4, 0.5) is 5.13 Å². The molecular weight excluding hydrogens is 196 g/mol. The lowest BCUT2D eigenvalue weighted by Gasteiger charge is -2.05. The van der Waals surface area contributed by atoms with Crippen molar-refractivity contribution in [3.8, 4) is 0 Å². The van der Waals surface area contributed by atoms with Crippen molar-refractivity contribution >= 4 is 28.1 Å². The maximum atomic E-state index is 9.34. The van der Waals surface area contributed by atoms with Crippen molar-refractivity contribution in [2.24, 2.45) is 0 Å². The monoisotopic (exact) mass is 206 g/mol. The molecule has 0 fully saturated rings. The van der Waals surface area contributed by atoms with E-state index in [0.717, 1.165) is 10.0 Å². The van der Waals surface area contributed by atoms with Crippen LogP contribution in [0.15, 0.2) is 6.20 Å². The van der Waals surface area contributed by atoms with Crippen molar-refractivity contribution in [1.82, 2.24) is 4.98 Å². The summed E-state index contributed by atoms with van der Waals surface area (Å²) in [7, 11) is 3.82. The number of aliphatic hydroxyl groups is 1. The van der Waals surface area contributed by atoms with Gasteiger partial charge in [-0.1, -0.05) is 11.3 Å². The van der Waals surface area contributed by atoms with Gasteiger partial charge in [0.15, 0.2) is 5.13 Å². The molecule has 0 aromatic carbocycles. The van der Waals surface area contributed by atoms with Gasteiger partial charge in [0.05, 0.1) is 10.8 Å². The summed E-state index contributed by atoms with van der Waals surface area (Å²) in [4.78, 5) is 6.82. The number of aromatic nitrogens is 1. The third kappa shape index (κ3) is 2.09. The normalized spacial score (nSPS) is 13.0. The molecule has 1 heterocycles. The SMILES string of the molecule is CN(C)c1ncc(C(O)CCl)s1. The molecule has 1 aromatic rings. The zero-order valence-electron chi connectivity index (χ0n) is 6.99. The molecule has 1 rings (SSSR count). The smallest absolute Gasteiger partial charge is 0.185 e. The summed E-state index contributed by atoms with van der Waals surface area (Å²) in [6.45, 7) is 0. The van der Waals surface area contributed by atoms with E-state index >= 15 is 0 Å². The number of anilines is 1. The summed E-state index contributed by atoms with van der Waals surface area (Å²) in [6.07, 6.45) is 1.07. The molecule has 0 radical (unpaired) electrons. The van der Waals surface area contributed by atoms with Crippen molar-refractivity contribution in [2.45, 2.75) is 6.10 Å². The first-order valence-corrected chi connectivity index (χ1v) is 4.87. The van der Waals surface area contributed by atoms with Gasteiger partial charge < -0.3 is 10.0 Å². The average molecular weight is 207 g/mol. The van der Waals surface area contributed by atoms with Crippen LogP contribution in [0.3, 0.4) is 0 Å². The molecule has 0 aliphatic heterocycles. The van der Waals surface area contributed by atoms with Gasteiger partial charge in [0.2, 0.25) is 0 Å². The minimum absolute atomic E-state index is 0.217. The molecule has 68 valence electrons. The van der Waals surface area contributed by atoms with Gasteiger partial charge in [0.1, 0.15) is 6.10 Å². The third-order valence-electron chi connectivity index (χ3n) is 1.37. The van der Waals surface area contributed by atoms with Gasteiger partial charge in [-0.3, -0.25) is 0 Å². The molecule has 0 spiro atoms. The number of rotatable bonds is 3. The van der Waals surface area contributed by atoms with Crippen LogP contribution in [0.5, 0.6) is 0 Å². The van der Waals surface area contributed by atoms with Crippen LogP contribution < -0.4 is 4.90 Å². The van der Waals surface area contributed by atoms with E-state index in [-0.39, 0.29) is 5.88 Å². The minimum Gasteiger partial charge on any atom is -0.386 e. The standard InChI is InChI=1S/C7H11ClN2OS/c1-10(2)7-9-4-6(12-7)5(11)3-8/h4-5,11H,3H2,1-2H3. The van der Waals surface area contributed by atoms with Gasteiger partial charge >= 0.3 is 0 Å². The van der Waals surface area contributed by atoms with Crippen molar-refractivity contribution < 1.29 is 5.11 Å². The Morgan fingerprint density at radius 2 is 2.42 bits per heavy atom. The zero-order valence-corrected chi connectivity index (χ0v) is 8.56. The van der Waals surface area contributed by atoms with E-state index in [0.29, 0.717) is 0 Å². The molecule has 0 saturated heterocycles. The van der Waals surface area contributed by atoms with Gasteiger partial charge in [0.25, 0.3) is 0 Å². The van der Waals surface area contributed by atoms with E-state index in [1.807, 2.05) is 19.0 Å². The number of halogens is 1. The van der Waals surface area contributed by atoms with E-state index in [1.54, 1.807) is 6.20 Å². The van der Waals surface area contributed by atoms with Gasteiger partial charge in [-0.15, -0.1) is 11.6 Å². The Hall–Kier alpha value is -0.320. The summed E-state index contributed by atoms with van der Waals surface area (Å²) in [5.74, 6) is 0.217.